The molecular weight excluding hydrogens is 352 g/mol. The van der Waals surface area contributed by atoms with Crippen LogP contribution < -0.4 is 5.32 Å². The average molecular weight is 364 g/mol. The van der Waals surface area contributed by atoms with Crippen molar-refractivity contribution in [1.29, 1.82) is 0 Å². The smallest absolute Gasteiger partial charge is 0.164 e. The summed E-state index contributed by atoms with van der Waals surface area (Å²) >= 11 is 9.72. The normalized spacial score (nSPS) is 10.9. The highest BCUT2D eigenvalue weighted by molar-refractivity contribution is 9.10. The summed E-state index contributed by atoms with van der Waals surface area (Å²) in [7, 11) is 1.83. The third-order valence-corrected chi connectivity index (χ3v) is 4.49. The fourth-order valence-electron chi connectivity index (χ4n) is 2.16. The van der Waals surface area contributed by atoms with E-state index in [1.54, 1.807) is 6.20 Å². The number of aryl methyl sites for hydroxylation is 1. The monoisotopic (exact) mass is 362 g/mol. The lowest BCUT2D eigenvalue weighted by Gasteiger charge is -2.10. The molecular formula is C15H12BrClN4. The van der Waals surface area contributed by atoms with E-state index < -0.39 is 0 Å². The molecule has 0 radical (unpaired) electrons. The second kappa shape index (κ2) is 5.58. The zero-order chi connectivity index (χ0) is 15.0. The molecule has 2 aromatic heterocycles. The molecule has 0 spiro atoms. The molecule has 0 aliphatic carbocycles. The van der Waals surface area contributed by atoms with Crippen LogP contribution in [0.5, 0.6) is 0 Å². The van der Waals surface area contributed by atoms with Gasteiger partial charge < -0.3 is 5.32 Å². The van der Waals surface area contributed by atoms with Gasteiger partial charge in [-0.05, 0) is 47.1 Å². The molecule has 21 heavy (non-hydrogen) atoms. The first kappa shape index (κ1) is 14.2. The van der Waals surface area contributed by atoms with Gasteiger partial charge >= 0.3 is 0 Å². The Morgan fingerprint density at radius 1 is 1.19 bits per heavy atom. The van der Waals surface area contributed by atoms with E-state index in [0.717, 1.165) is 32.5 Å². The summed E-state index contributed by atoms with van der Waals surface area (Å²) in [5.74, 6) is 1.37. The van der Waals surface area contributed by atoms with Crippen LogP contribution >= 0.6 is 27.5 Å². The molecule has 0 bridgehead atoms. The summed E-state index contributed by atoms with van der Waals surface area (Å²) in [6, 6.07) is 7.56. The van der Waals surface area contributed by atoms with E-state index in [-0.39, 0.29) is 0 Å². The van der Waals surface area contributed by atoms with E-state index in [1.165, 1.54) is 0 Å². The van der Waals surface area contributed by atoms with Crippen LogP contribution in [0.1, 0.15) is 5.69 Å². The molecule has 0 fully saturated rings. The van der Waals surface area contributed by atoms with Crippen LogP contribution in [0.15, 0.2) is 34.9 Å². The quantitative estimate of drug-likeness (QED) is 0.730. The number of nitrogens with zero attached hydrogens (tertiary/aromatic N) is 3. The maximum atomic E-state index is 6.23. The molecule has 1 N–H and O–H groups in total. The van der Waals surface area contributed by atoms with Crippen LogP contribution in [0.4, 0.5) is 5.82 Å². The van der Waals surface area contributed by atoms with Crippen molar-refractivity contribution in [2.24, 2.45) is 0 Å². The number of halogens is 2. The van der Waals surface area contributed by atoms with Crippen LogP contribution in [0.25, 0.3) is 22.3 Å². The van der Waals surface area contributed by atoms with E-state index in [2.05, 4.69) is 36.2 Å². The number of nitrogens with one attached hydrogen (secondary N) is 1. The number of hydrogen-bond donors (Lipinski definition) is 1. The third-order valence-electron chi connectivity index (χ3n) is 3.21. The predicted octanol–water partition coefficient (Wildman–Crippen LogP) is 4.46. The Bertz CT molecular complexity index is 835. The van der Waals surface area contributed by atoms with Crippen molar-refractivity contribution < 1.29 is 0 Å². The zero-order valence-corrected chi connectivity index (χ0v) is 13.8. The summed E-state index contributed by atoms with van der Waals surface area (Å²) in [4.78, 5) is 13.5. The number of benzene rings is 1. The molecule has 0 amide bonds. The first-order valence-electron chi connectivity index (χ1n) is 6.37. The standard InChI is InChI=1S/C15H12BrClN4/c1-8-12(16)15(18-2)21-14(20-8)10-5-6-11(17)9-4-3-7-19-13(9)10/h3-7H,1-2H3,(H,18,20,21). The molecule has 6 heteroatoms. The van der Waals surface area contributed by atoms with Crippen LogP contribution in [0, 0.1) is 6.92 Å². The SMILES string of the molecule is CNc1nc(-c2ccc(Cl)c3cccnc23)nc(C)c1Br. The molecule has 0 atom stereocenters. The first-order valence-corrected chi connectivity index (χ1v) is 7.54. The molecule has 1 aromatic carbocycles. The fourth-order valence-corrected chi connectivity index (χ4v) is 2.75. The van der Waals surface area contributed by atoms with Gasteiger partial charge in [0.05, 0.1) is 20.7 Å². The van der Waals surface area contributed by atoms with E-state index in [4.69, 9.17) is 11.6 Å². The van der Waals surface area contributed by atoms with Crippen LogP contribution in [0.2, 0.25) is 5.02 Å². The summed E-state index contributed by atoms with van der Waals surface area (Å²) < 4.78 is 0.861. The lowest BCUT2D eigenvalue weighted by atomic mass is 10.1. The van der Waals surface area contributed by atoms with Gasteiger partial charge in [-0.15, -0.1) is 0 Å². The lowest BCUT2D eigenvalue weighted by Crippen LogP contribution is -2.01. The predicted molar refractivity (Wildman–Crippen MR) is 89.8 cm³/mol. The van der Waals surface area contributed by atoms with Crippen molar-refractivity contribution in [2.45, 2.75) is 6.92 Å². The van der Waals surface area contributed by atoms with Gasteiger partial charge in [0.25, 0.3) is 0 Å². The Labute approximate surface area is 135 Å². The molecule has 3 rings (SSSR count). The van der Waals surface area contributed by atoms with Gasteiger partial charge in [0.1, 0.15) is 5.82 Å². The van der Waals surface area contributed by atoms with Gasteiger partial charge in [-0.25, -0.2) is 9.97 Å². The largest absolute Gasteiger partial charge is 0.372 e. The van der Waals surface area contributed by atoms with Crippen LogP contribution in [0.3, 0.4) is 0 Å². The average Bonchev–Trinajstić information content (AvgIpc) is 2.51. The summed E-state index contributed by atoms with van der Waals surface area (Å²) in [6.07, 6.45) is 1.74. The second-order valence-corrected chi connectivity index (χ2v) is 5.74. The maximum absolute atomic E-state index is 6.23. The van der Waals surface area contributed by atoms with Crippen molar-refractivity contribution in [3.8, 4) is 11.4 Å². The Hall–Kier alpha value is -1.72. The van der Waals surface area contributed by atoms with Gasteiger partial charge in [-0.2, -0.15) is 0 Å². The van der Waals surface area contributed by atoms with Gasteiger partial charge in [0.15, 0.2) is 5.82 Å². The topological polar surface area (TPSA) is 50.7 Å². The number of pyridine rings is 1. The number of rotatable bonds is 2. The molecule has 3 aromatic rings. The minimum Gasteiger partial charge on any atom is -0.372 e. The highest BCUT2D eigenvalue weighted by Gasteiger charge is 2.14. The Balaban J connectivity index is 2.31. The number of anilines is 1. The maximum Gasteiger partial charge on any atom is 0.164 e. The van der Waals surface area contributed by atoms with Crippen molar-refractivity contribution in [2.75, 3.05) is 12.4 Å². The molecule has 0 saturated carbocycles. The first-order chi connectivity index (χ1) is 10.1. The fraction of sp³-hybridized carbons (Fsp3) is 0.133. The lowest BCUT2D eigenvalue weighted by molar-refractivity contribution is 1.09. The van der Waals surface area contributed by atoms with E-state index in [0.29, 0.717) is 10.8 Å². The van der Waals surface area contributed by atoms with Crippen molar-refractivity contribution in [3.63, 3.8) is 0 Å². The van der Waals surface area contributed by atoms with Crippen LogP contribution in [-0.4, -0.2) is 22.0 Å². The molecule has 0 aliphatic rings. The van der Waals surface area contributed by atoms with E-state index >= 15 is 0 Å². The molecule has 0 unspecified atom stereocenters. The number of fused-ring (bicyclic) bond motifs is 1. The van der Waals surface area contributed by atoms with Crippen molar-refractivity contribution >= 4 is 44.3 Å². The van der Waals surface area contributed by atoms with Crippen molar-refractivity contribution in [3.05, 3.63) is 45.7 Å². The highest BCUT2D eigenvalue weighted by atomic mass is 79.9. The molecule has 106 valence electrons. The van der Waals surface area contributed by atoms with Gasteiger partial charge in [-0.3, -0.25) is 4.98 Å². The molecule has 0 saturated heterocycles. The minimum atomic E-state index is 0.625. The molecule has 0 aliphatic heterocycles. The molecule has 4 nitrogen and oxygen atoms in total. The van der Waals surface area contributed by atoms with Gasteiger partial charge in [0, 0.05) is 24.2 Å². The summed E-state index contributed by atoms with van der Waals surface area (Å²) in [5.41, 5.74) is 2.53. The zero-order valence-electron chi connectivity index (χ0n) is 11.5. The summed E-state index contributed by atoms with van der Waals surface area (Å²) in [6.45, 7) is 1.93. The number of aromatic nitrogens is 3. The second-order valence-electron chi connectivity index (χ2n) is 4.54. The van der Waals surface area contributed by atoms with Gasteiger partial charge in [-0.1, -0.05) is 11.6 Å². The molecule has 2 heterocycles. The minimum absolute atomic E-state index is 0.625. The third kappa shape index (κ3) is 2.47. The van der Waals surface area contributed by atoms with Crippen molar-refractivity contribution in [1.82, 2.24) is 15.0 Å². The van der Waals surface area contributed by atoms with E-state index in [1.807, 2.05) is 38.2 Å². The van der Waals surface area contributed by atoms with Crippen LogP contribution in [-0.2, 0) is 0 Å². The number of hydrogen-bond acceptors (Lipinski definition) is 4. The van der Waals surface area contributed by atoms with E-state index in [9.17, 15) is 0 Å². The Kier molecular flexibility index (Phi) is 3.78. The highest BCUT2D eigenvalue weighted by Crippen LogP contribution is 2.32. The van der Waals surface area contributed by atoms with Gasteiger partial charge in [0.2, 0.25) is 0 Å². The Morgan fingerprint density at radius 3 is 2.76 bits per heavy atom. The summed E-state index contributed by atoms with van der Waals surface area (Å²) in [5, 5.41) is 4.63. The Morgan fingerprint density at radius 2 is 2.00 bits per heavy atom.